The summed E-state index contributed by atoms with van der Waals surface area (Å²) < 4.78 is 3.41. The Morgan fingerprint density at radius 1 is 1.28 bits per heavy atom. The Balaban J connectivity index is 1.43. The molecule has 0 aromatic carbocycles. The van der Waals surface area contributed by atoms with Gasteiger partial charge in [-0.3, -0.25) is 9.48 Å². The minimum atomic E-state index is -0.104. The molecule has 4 rings (SSSR count). The molecule has 0 radical (unpaired) electrons. The molecule has 0 spiro atoms. The number of hydrogen-bond acceptors (Lipinski definition) is 4. The van der Waals surface area contributed by atoms with E-state index in [0.29, 0.717) is 11.6 Å². The second-order valence-corrected chi connectivity index (χ2v) is 6.52. The van der Waals surface area contributed by atoms with Gasteiger partial charge in [-0.05, 0) is 43.5 Å². The van der Waals surface area contributed by atoms with E-state index in [0.717, 1.165) is 22.9 Å². The molecule has 25 heavy (non-hydrogen) atoms. The smallest absolute Gasteiger partial charge is 0.231 e. The molecule has 7 nitrogen and oxygen atoms in total. The van der Waals surface area contributed by atoms with Gasteiger partial charge in [-0.1, -0.05) is 0 Å². The van der Waals surface area contributed by atoms with Crippen LogP contribution in [0.3, 0.4) is 0 Å². The number of pyridine rings is 1. The van der Waals surface area contributed by atoms with Crippen molar-refractivity contribution in [2.75, 3.05) is 5.32 Å². The second-order valence-electron chi connectivity index (χ2n) is 6.52. The monoisotopic (exact) mass is 336 g/mol. The molecule has 128 valence electrons. The SMILES string of the molecule is Cc1ccnc(-n2ccc(CC(=O)Nc3cc(C4CC4)nn3C)n2)c1. The van der Waals surface area contributed by atoms with Gasteiger partial charge >= 0.3 is 0 Å². The van der Waals surface area contributed by atoms with E-state index < -0.39 is 0 Å². The molecule has 1 aliphatic rings. The highest BCUT2D eigenvalue weighted by atomic mass is 16.1. The zero-order valence-corrected chi connectivity index (χ0v) is 14.3. The van der Waals surface area contributed by atoms with E-state index in [4.69, 9.17) is 0 Å². The number of hydrogen-bond donors (Lipinski definition) is 1. The Morgan fingerprint density at radius 3 is 2.88 bits per heavy atom. The van der Waals surface area contributed by atoms with E-state index >= 15 is 0 Å². The average Bonchev–Trinajstić information content (AvgIpc) is 3.23. The molecule has 3 heterocycles. The number of nitrogens with one attached hydrogen (secondary N) is 1. The molecular weight excluding hydrogens is 316 g/mol. The van der Waals surface area contributed by atoms with Crippen molar-refractivity contribution in [3.8, 4) is 5.82 Å². The second kappa shape index (κ2) is 6.16. The minimum Gasteiger partial charge on any atom is -0.311 e. The third-order valence-corrected chi connectivity index (χ3v) is 4.28. The number of aromatic nitrogens is 5. The topological polar surface area (TPSA) is 77.6 Å². The van der Waals surface area contributed by atoms with Gasteiger partial charge in [0.1, 0.15) is 5.82 Å². The van der Waals surface area contributed by atoms with E-state index in [1.165, 1.54) is 12.8 Å². The molecule has 0 unspecified atom stereocenters. The standard InChI is InChI=1S/C18H20N6O/c1-12-5-7-19-16(9-12)24-8-6-14(21-24)10-18(25)20-17-11-15(13-3-4-13)22-23(17)2/h5-9,11,13H,3-4,10H2,1-2H3,(H,20,25). The maximum Gasteiger partial charge on any atom is 0.231 e. The van der Waals surface area contributed by atoms with Crippen LogP contribution in [0.1, 0.15) is 35.7 Å². The summed E-state index contributed by atoms with van der Waals surface area (Å²) in [6.45, 7) is 2.01. The molecule has 0 bridgehead atoms. The lowest BCUT2D eigenvalue weighted by molar-refractivity contribution is -0.115. The number of rotatable bonds is 5. The van der Waals surface area contributed by atoms with E-state index in [1.54, 1.807) is 15.6 Å². The number of carbonyl (C=O) groups excluding carboxylic acids is 1. The normalized spacial score (nSPS) is 13.8. The van der Waals surface area contributed by atoms with Crippen molar-refractivity contribution in [1.29, 1.82) is 0 Å². The van der Waals surface area contributed by atoms with E-state index in [2.05, 4.69) is 20.5 Å². The van der Waals surface area contributed by atoms with Crippen LogP contribution in [-0.2, 0) is 18.3 Å². The van der Waals surface area contributed by atoms with Gasteiger partial charge < -0.3 is 5.32 Å². The first-order valence-electron chi connectivity index (χ1n) is 8.40. The van der Waals surface area contributed by atoms with E-state index in [-0.39, 0.29) is 12.3 Å². The molecule has 1 N–H and O–H groups in total. The molecule has 1 aliphatic carbocycles. The third kappa shape index (κ3) is 3.45. The van der Waals surface area contributed by atoms with Crippen molar-refractivity contribution in [2.24, 2.45) is 7.05 Å². The van der Waals surface area contributed by atoms with Crippen LogP contribution in [0.15, 0.2) is 36.7 Å². The predicted molar refractivity (Wildman–Crippen MR) is 93.6 cm³/mol. The lowest BCUT2D eigenvalue weighted by atomic mass is 10.3. The largest absolute Gasteiger partial charge is 0.311 e. The third-order valence-electron chi connectivity index (χ3n) is 4.28. The fraction of sp³-hybridized carbons (Fsp3) is 0.333. The van der Waals surface area contributed by atoms with Crippen molar-refractivity contribution in [2.45, 2.75) is 32.1 Å². The molecule has 3 aromatic rings. The molecule has 3 aromatic heterocycles. The van der Waals surface area contributed by atoms with Crippen molar-refractivity contribution in [1.82, 2.24) is 24.5 Å². The van der Waals surface area contributed by atoms with Crippen LogP contribution >= 0.6 is 0 Å². The Morgan fingerprint density at radius 2 is 2.12 bits per heavy atom. The molecular formula is C18H20N6O. The van der Waals surface area contributed by atoms with Crippen LogP contribution in [-0.4, -0.2) is 30.5 Å². The summed E-state index contributed by atoms with van der Waals surface area (Å²) in [4.78, 5) is 16.6. The van der Waals surface area contributed by atoms with E-state index in [1.807, 2.05) is 44.4 Å². The highest BCUT2D eigenvalue weighted by Gasteiger charge is 2.27. The number of nitrogens with zero attached hydrogens (tertiary/aromatic N) is 5. The summed E-state index contributed by atoms with van der Waals surface area (Å²) in [5.41, 5.74) is 2.88. The van der Waals surface area contributed by atoms with Crippen LogP contribution in [0.2, 0.25) is 0 Å². The molecule has 0 aliphatic heterocycles. The zero-order valence-electron chi connectivity index (χ0n) is 14.3. The van der Waals surface area contributed by atoms with Gasteiger partial charge in [0.05, 0.1) is 17.8 Å². The molecule has 0 saturated heterocycles. The summed E-state index contributed by atoms with van der Waals surface area (Å²) in [6.07, 6.45) is 6.16. The molecule has 7 heteroatoms. The highest BCUT2D eigenvalue weighted by Crippen LogP contribution is 2.39. The molecule has 0 atom stereocenters. The summed E-state index contributed by atoms with van der Waals surface area (Å²) in [5.74, 6) is 1.93. The van der Waals surface area contributed by atoms with Gasteiger partial charge in [0, 0.05) is 31.4 Å². The summed E-state index contributed by atoms with van der Waals surface area (Å²) in [6, 6.07) is 7.68. The van der Waals surface area contributed by atoms with Gasteiger partial charge in [0.15, 0.2) is 5.82 Å². The maximum atomic E-state index is 12.3. The number of amides is 1. The summed E-state index contributed by atoms with van der Waals surface area (Å²) in [5, 5.41) is 11.8. The highest BCUT2D eigenvalue weighted by molar-refractivity contribution is 5.91. The van der Waals surface area contributed by atoms with Gasteiger partial charge in [-0.15, -0.1) is 0 Å². The van der Waals surface area contributed by atoms with E-state index in [9.17, 15) is 4.79 Å². The van der Waals surface area contributed by atoms with Gasteiger partial charge in [-0.25, -0.2) is 9.67 Å². The number of aryl methyl sites for hydroxylation is 2. The van der Waals surface area contributed by atoms with Gasteiger partial charge in [0.25, 0.3) is 0 Å². The Labute approximate surface area is 145 Å². The van der Waals surface area contributed by atoms with Crippen LogP contribution in [0.5, 0.6) is 0 Å². The molecule has 1 amide bonds. The number of anilines is 1. The average molecular weight is 336 g/mol. The molecule has 1 fully saturated rings. The lowest BCUT2D eigenvalue weighted by Gasteiger charge is -2.04. The van der Waals surface area contributed by atoms with Crippen LogP contribution in [0.4, 0.5) is 5.82 Å². The lowest BCUT2D eigenvalue weighted by Crippen LogP contribution is -2.17. The Hall–Kier alpha value is -2.96. The first kappa shape index (κ1) is 15.6. The summed E-state index contributed by atoms with van der Waals surface area (Å²) in [7, 11) is 1.85. The van der Waals surface area contributed by atoms with Gasteiger partial charge in [0.2, 0.25) is 5.91 Å². The van der Waals surface area contributed by atoms with Crippen molar-refractivity contribution >= 4 is 11.7 Å². The fourth-order valence-electron chi connectivity index (χ4n) is 2.77. The first-order chi connectivity index (χ1) is 12.1. The van der Waals surface area contributed by atoms with Crippen molar-refractivity contribution in [3.63, 3.8) is 0 Å². The Bertz CT molecular complexity index is 921. The Kier molecular flexibility index (Phi) is 3.83. The maximum absolute atomic E-state index is 12.3. The quantitative estimate of drug-likeness (QED) is 0.776. The first-order valence-corrected chi connectivity index (χ1v) is 8.40. The van der Waals surface area contributed by atoms with Crippen molar-refractivity contribution < 1.29 is 4.79 Å². The molecule has 1 saturated carbocycles. The zero-order chi connectivity index (χ0) is 17.4. The number of carbonyl (C=O) groups is 1. The van der Waals surface area contributed by atoms with Crippen LogP contribution in [0.25, 0.3) is 5.82 Å². The fourth-order valence-corrected chi connectivity index (χ4v) is 2.77. The summed E-state index contributed by atoms with van der Waals surface area (Å²) >= 11 is 0. The van der Waals surface area contributed by atoms with Crippen LogP contribution < -0.4 is 5.32 Å². The van der Waals surface area contributed by atoms with Crippen LogP contribution in [0, 0.1) is 6.92 Å². The van der Waals surface area contributed by atoms with Crippen molar-refractivity contribution in [3.05, 3.63) is 53.6 Å². The minimum absolute atomic E-state index is 0.104. The predicted octanol–water partition coefficient (Wildman–Crippen LogP) is 2.37. The van der Waals surface area contributed by atoms with Gasteiger partial charge in [-0.2, -0.15) is 10.2 Å².